The van der Waals surface area contributed by atoms with E-state index in [9.17, 15) is 27.7 Å². The third-order valence-corrected chi connectivity index (χ3v) is 5.85. The molecule has 0 aliphatic carbocycles. The molecule has 32 heavy (non-hydrogen) atoms. The summed E-state index contributed by atoms with van der Waals surface area (Å²) in [5, 5.41) is 12.7. The van der Waals surface area contributed by atoms with E-state index in [1.165, 1.54) is 14.6 Å². The van der Waals surface area contributed by atoms with E-state index in [0.717, 1.165) is 12.3 Å². The molecular weight excluding hydrogens is 469 g/mol. The van der Waals surface area contributed by atoms with Crippen molar-refractivity contribution in [3.05, 3.63) is 33.9 Å². The molecule has 1 fully saturated rings. The fraction of sp³-hybridized carbons (Fsp3) is 0.412. The maximum atomic E-state index is 15.1. The van der Waals surface area contributed by atoms with Crippen LogP contribution in [0, 0.1) is 5.82 Å². The van der Waals surface area contributed by atoms with E-state index in [-0.39, 0.29) is 114 Å². The van der Waals surface area contributed by atoms with Gasteiger partial charge in [0.05, 0.1) is 22.8 Å². The van der Waals surface area contributed by atoms with Gasteiger partial charge < -0.3 is 24.1 Å². The van der Waals surface area contributed by atoms with Crippen molar-refractivity contribution in [2.75, 3.05) is 55.7 Å². The van der Waals surface area contributed by atoms with Crippen LogP contribution in [0.5, 0.6) is 5.75 Å². The van der Waals surface area contributed by atoms with Gasteiger partial charge in [0.15, 0.2) is 23.7 Å². The molecule has 11 nitrogen and oxygen atoms in total. The Bertz CT molecular complexity index is 1220. The summed E-state index contributed by atoms with van der Waals surface area (Å²) in [7, 11) is -2.80. The van der Waals surface area contributed by atoms with Gasteiger partial charge in [-0.3, -0.25) is 19.4 Å². The van der Waals surface area contributed by atoms with Crippen LogP contribution in [0.15, 0.2) is 17.1 Å². The number of halogens is 1. The fourth-order valence-corrected chi connectivity index (χ4v) is 4.49. The minimum Gasteiger partial charge on any atom is -0.747 e. The Morgan fingerprint density at radius 2 is 1.84 bits per heavy atom. The van der Waals surface area contributed by atoms with Crippen LogP contribution in [-0.4, -0.2) is 74.4 Å². The summed E-state index contributed by atoms with van der Waals surface area (Å²) in [4.78, 5) is 27.0. The minimum atomic E-state index is -4.41. The molecule has 4 rings (SSSR count). The number of carboxylic acid groups (broad SMARTS) is 1. The number of carboxylic acids is 1. The van der Waals surface area contributed by atoms with Crippen LogP contribution < -0.4 is 84.3 Å². The van der Waals surface area contributed by atoms with Gasteiger partial charge in [0, 0.05) is 39.4 Å². The molecule has 2 aliphatic heterocycles. The van der Waals surface area contributed by atoms with Crippen molar-refractivity contribution in [3.8, 4) is 5.75 Å². The minimum absolute atomic E-state index is 0. The molecule has 0 bridgehead atoms. The maximum absolute atomic E-state index is 15.1. The number of aromatic carboxylic acids is 1. The van der Waals surface area contributed by atoms with Crippen molar-refractivity contribution in [1.82, 2.24) is 9.58 Å². The largest absolute Gasteiger partial charge is 1.00 e. The van der Waals surface area contributed by atoms with Crippen molar-refractivity contribution in [2.24, 2.45) is 0 Å². The normalized spacial score (nSPS) is 16.2. The van der Waals surface area contributed by atoms with Crippen molar-refractivity contribution in [1.29, 1.82) is 0 Å². The SMILES string of the molecule is CN1COc2c(N3CCN(CS(=O)(=O)[O-])CC3)c(F)cc3c(=O)c(C(=O)[O-])cn1c23.[Na+].[Na+]. The van der Waals surface area contributed by atoms with Crippen molar-refractivity contribution >= 4 is 32.7 Å². The van der Waals surface area contributed by atoms with E-state index in [0.29, 0.717) is 0 Å². The quantitative estimate of drug-likeness (QED) is 0.303. The van der Waals surface area contributed by atoms with Gasteiger partial charge in [-0.15, -0.1) is 0 Å². The van der Waals surface area contributed by atoms with Gasteiger partial charge >= 0.3 is 59.1 Å². The van der Waals surface area contributed by atoms with E-state index in [4.69, 9.17) is 4.74 Å². The number of nitrogens with zero attached hydrogens (tertiary/aromatic N) is 4. The summed E-state index contributed by atoms with van der Waals surface area (Å²) < 4.78 is 55.1. The number of pyridine rings is 1. The Balaban J connectivity index is 0.00000181. The second-order valence-electron chi connectivity index (χ2n) is 7.16. The number of anilines is 1. The number of ether oxygens (including phenoxy) is 1. The number of carbonyl (C=O) groups excluding carboxylic acids is 1. The van der Waals surface area contributed by atoms with E-state index in [1.54, 1.807) is 11.9 Å². The molecule has 1 saturated heterocycles. The average molecular weight is 486 g/mol. The van der Waals surface area contributed by atoms with Gasteiger partial charge in [0.25, 0.3) is 0 Å². The molecular formula is C17H17FN4Na2O7S. The van der Waals surface area contributed by atoms with Crippen LogP contribution in [0.4, 0.5) is 10.1 Å². The molecule has 1 aromatic heterocycles. The Hall–Kier alpha value is -0.900. The molecule has 3 heterocycles. The zero-order chi connectivity index (χ0) is 21.8. The smallest absolute Gasteiger partial charge is 0.747 e. The molecule has 0 N–H and O–H groups in total. The number of carbonyl (C=O) groups is 1. The standard InChI is InChI=1S/C17H19FN4O7S.2Na/c1-19-8-29-16-13-10(15(23)11(17(24)25)7-22(13)19)6-12(18)14(16)21-4-2-20(3-5-21)9-30(26,27)28;;/h6-7H,2-5,8-9H2,1H3,(H,24,25)(H,26,27,28);;/q;2*+1/p-2. The van der Waals surface area contributed by atoms with E-state index < -0.39 is 38.8 Å². The van der Waals surface area contributed by atoms with Crippen LogP contribution in [0.25, 0.3) is 10.9 Å². The first-order valence-electron chi connectivity index (χ1n) is 8.95. The monoisotopic (exact) mass is 486 g/mol. The summed E-state index contributed by atoms with van der Waals surface area (Å²) in [5.74, 6) is -2.97. The van der Waals surface area contributed by atoms with Gasteiger partial charge in [0.2, 0.25) is 0 Å². The van der Waals surface area contributed by atoms with E-state index in [1.807, 2.05) is 0 Å². The summed E-state index contributed by atoms with van der Waals surface area (Å²) in [6.07, 6.45) is 1.12. The third kappa shape index (κ3) is 5.10. The predicted molar refractivity (Wildman–Crippen MR) is 100 cm³/mol. The van der Waals surface area contributed by atoms with Gasteiger partial charge in [-0.25, -0.2) is 12.8 Å². The number of rotatable bonds is 4. The Labute approximate surface area is 227 Å². The van der Waals surface area contributed by atoms with E-state index >= 15 is 4.39 Å². The second-order valence-corrected chi connectivity index (χ2v) is 8.53. The zero-order valence-electron chi connectivity index (χ0n) is 17.8. The molecule has 2 aromatic rings. The number of hydrogen-bond donors (Lipinski definition) is 0. The van der Waals surface area contributed by atoms with Gasteiger partial charge in [0.1, 0.15) is 21.3 Å². The zero-order valence-corrected chi connectivity index (χ0v) is 22.6. The van der Waals surface area contributed by atoms with Crippen LogP contribution in [-0.2, 0) is 10.1 Å². The average Bonchev–Trinajstić information content (AvgIpc) is 2.65. The molecule has 0 saturated carbocycles. The molecule has 0 unspecified atom stereocenters. The van der Waals surface area contributed by atoms with Crippen LogP contribution in [0.2, 0.25) is 0 Å². The van der Waals surface area contributed by atoms with Crippen LogP contribution in [0.3, 0.4) is 0 Å². The second kappa shape index (κ2) is 10.2. The predicted octanol–water partition coefficient (Wildman–Crippen LogP) is -7.95. The molecule has 1 aromatic carbocycles. The summed E-state index contributed by atoms with van der Waals surface area (Å²) in [6.45, 7) is 0.864. The maximum Gasteiger partial charge on any atom is 1.00 e. The first kappa shape index (κ1) is 27.3. The Kier molecular flexibility index (Phi) is 8.68. The summed E-state index contributed by atoms with van der Waals surface area (Å²) in [6, 6.07) is 0.969. The fourth-order valence-electron chi connectivity index (χ4n) is 3.79. The molecule has 162 valence electrons. The van der Waals surface area contributed by atoms with E-state index in [2.05, 4.69) is 0 Å². The molecule has 0 spiro atoms. The van der Waals surface area contributed by atoms with Crippen molar-refractivity contribution in [3.63, 3.8) is 0 Å². The number of benzene rings is 1. The first-order valence-corrected chi connectivity index (χ1v) is 10.5. The van der Waals surface area contributed by atoms with Gasteiger partial charge in [-0.1, -0.05) is 0 Å². The topological polar surface area (TPSA) is 138 Å². The van der Waals surface area contributed by atoms with Gasteiger partial charge in [-0.05, 0) is 6.07 Å². The molecule has 0 atom stereocenters. The van der Waals surface area contributed by atoms with Crippen LogP contribution in [0.1, 0.15) is 10.4 Å². The number of piperazine rings is 1. The van der Waals surface area contributed by atoms with Crippen LogP contribution >= 0.6 is 0 Å². The van der Waals surface area contributed by atoms with Gasteiger partial charge in [-0.2, -0.15) is 0 Å². The van der Waals surface area contributed by atoms with Crippen molar-refractivity contribution < 1.29 is 91.1 Å². The molecule has 0 radical (unpaired) electrons. The third-order valence-electron chi connectivity index (χ3n) is 5.16. The molecule has 0 amide bonds. The molecule has 15 heteroatoms. The van der Waals surface area contributed by atoms with Crippen molar-refractivity contribution in [2.45, 2.75) is 0 Å². The Morgan fingerprint density at radius 3 is 2.41 bits per heavy atom. The summed E-state index contributed by atoms with van der Waals surface area (Å²) in [5.41, 5.74) is -1.16. The molecule has 2 aliphatic rings. The number of hydrogen-bond acceptors (Lipinski definition) is 10. The number of aromatic nitrogens is 1. The summed E-state index contributed by atoms with van der Waals surface area (Å²) >= 11 is 0. The first-order chi connectivity index (χ1) is 14.1. The Morgan fingerprint density at radius 1 is 1.22 bits per heavy atom.